The van der Waals surface area contributed by atoms with Gasteiger partial charge in [-0.2, -0.15) is 0 Å². The number of nitrogens with one attached hydrogen (secondary N) is 1. The second-order valence-corrected chi connectivity index (χ2v) is 5.54. The third-order valence-electron chi connectivity index (χ3n) is 3.56. The van der Waals surface area contributed by atoms with Gasteiger partial charge >= 0.3 is 0 Å². The Morgan fingerprint density at radius 1 is 1.10 bits per heavy atom. The lowest BCUT2D eigenvalue weighted by Gasteiger charge is -2.29. The first kappa shape index (κ1) is 13.9. The van der Waals surface area contributed by atoms with E-state index in [2.05, 4.69) is 57.9 Å². The molecule has 0 spiro atoms. The zero-order chi connectivity index (χ0) is 14.7. The lowest BCUT2D eigenvalue weighted by atomic mass is 10.2. The summed E-state index contributed by atoms with van der Waals surface area (Å²) in [5, 5.41) is 3.35. The minimum atomic E-state index is 0.360. The number of morpholine rings is 1. The molecule has 3 rings (SSSR count). The van der Waals surface area contributed by atoms with E-state index in [1.165, 1.54) is 5.69 Å². The molecule has 0 saturated carbocycles. The highest BCUT2D eigenvalue weighted by atomic mass is 16.5. The van der Waals surface area contributed by atoms with Crippen molar-refractivity contribution in [3.05, 3.63) is 36.7 Å². The van der Waals surface area contributed by atoms with E-state index in [1.807, 2.05) is 12.4 Å². The summed E-state index contributed by atoms with van der Waals surface area (Å²) in [5.74, 6) is 0.879. The highest BCUT2D eigenvalue weighted by Gasteiger charge is 2.11. The van der Waals surface area contributed by atoms with E-state index in [-0.39, 0.29) is 0 Å². The lowest BCUT2D eigenvalue weighted by Crippen LogP contribution is -2.36. The molecule has 1 fully saturated rings. The molecule has 21 heavy (non-hydrogen) atoms. The van der Waals surface area contributed by atoms with Crippen LogP contribution in [0.5, 0.6) is 0 Å². The van der Waals surface area contributed by atoms with Crippen LogP contribution >= 0.6 is 0 Å². The van der Waals surface area contributed by atoms with E-state index in [0.717, 1.165) is 37.9 Å². The second-order valence-electron chi connectivity index (χ2n) is 5.54. The van der Waals surface area contributed by atoms with Crippen molar-refractivity contribution >= 4 is 11.6 Å². The molecule has 2 heterocycles. The molecule has 1 aliphatic heterocycles. The van der Waals surface area contributed by atoms with Gasteiger partial charge in [0, 0.05) is 42.9 Å². The summed E-state index contributed by atoms with van der Waals surface area (Å²) in [6.45, 7) is 7.77. The van der Waals surface area contributed by atoms with Crippen LogP contribution in [0.15, 0.2) is 36.7 Å². The molecule has 2 aromatic rings. The number of ether oxygens (including phenoxy) is 1. The molecule has 0 amide bonds. The van der Waals surface area contributed by atoms with Crippen molar-refractivity contribution in [2.45, 2.75) is 19.9 Å². The Morgan fingerprint density at radius 2 is 1.76 bits per heavy atom. The Bertz CT molecular complexity index is 570. The topological polar surface area (TPSA) is 42.3 Å². The predicted molar refractivity (Wildman–Crippen MR) is 85.4 cm³/mol. The van der Waals surface area contributed by atoms with Crippen LogP contribution in [0.3, 0.4) is 0 Å². The van der Waals surface area contributed by atoms with Crippen molar-refractivity contribution in [3.63, 3.8) is 0 Å². The van der Waals surface area contributed by atoms with Gasteiger partial charge in [-0.15, -0.1) is 0 Å². The van der Waals surface area contributed by atoms with Gasteiger partial charge in [0.1, 0.15) is 0 Å². The number of anilines is 2. The first-order valence-corrected chi connectivity index (χ1v) is 7.47. The van der Waals surface area contributed by atoms with Crippen LogP contribution in [-0.2, 0) is 4.74 Å². The maximum absolute atomic E-state index is 5.39. The Hall–Kier alpha value is -2.01. The molecule has 1 saturated heterocycles. The molecule has 5 heteroatoms. The summed E-state index contributed by atoms with van der Waals surface area (Å²) in [7, 11) is 0. The highest BCUT2D eigenvalue weighted by molar-refractivity contribution is 5.53. The van der Waals surface area contributed by atoms with Crippen molar-refractivity contribution in [2.75, 3.05) is 36.5 Å². The van der Waals surface area contributed by atoms with Gasteiger partial charge in [0.2, 0.25) is 5.95 Å². The minimum Gasteiger partial charge on any atom is -0.378 e. The van der Waals surface area contributed by atoms with Crippen molar-refractivity contribution in [1.29, 1.82) is 0 Å². The van der Waals surface area contributed by atoms with Crippen LogP contribution in [0.2, 0.25) is 0 Å². The second kappa shape index (κ2) is 6.18. The van der Waals surface area contributed by atoms with Crippen molar-refractivity contribution in [2.24, 2.45) is 0 Å². The van der Waals surface area contributed by atoms with Gasteiger partial charge in [-0.1, -0.05) is 0 Å². The van der Waals surface area contributed by atoms with E-state index < -0.39 is 0 Å². The van der Waals surface area contributed by atoms with Gasteiger partial charge in [0.15, 0.2) is 0 Å². The normalized spacial score (nSPS) is 15.5. The molecule has 0 atom stereocenters. The standard InChI is InChI=1S/C16H22N4O/c1-13(2)18-16-17-7-8-20(16)15-5-3-14(4-6-15)19-9-11-21-12-10-19/h3-8,13H,9-12H2,1-2H3,(H,17,18). The van der Waals surface area contributed by atoms with E-state index in [9.17, 15) is 0 Å². The first-order chi connectivity index (χ1) is 10.2. The van der Waals surface area contributed by atoms with Gasteiger partial charge in [-0.3, -0.25) is 4.57 Å². The maximum Gasteiger partial charge on any atom is 0.207 e. The van der Waals surface area contributed by atoms with Crippen LogP contribution in [0, 0.1) is 0 Å². The predicted octanol–water partition coefficient (Wildman–Crippen LogP) is 2.53. The molecule has 1 N–H and O–H groups in total. The number of aromatic nitrogens is 2. The fraction of sp³-hybridized carbons (Fsp3) is 0.438. The summed E-state index contributed by atoms with van der Waals surface area (Å²) in [6, 6.07) is 8.97. The van der Waals surface area contributed by atoms with Gasteiger partial charge in [0.25, 0.3) is 0 Å². The molecule has 5 nitrogen and oxygen atoms in total. The average molecular weight is 286 g/mol. The number of imidazole rings is 1. The Kier molecular flexibility index (Phi) is 4.10. The Labute approximate surface area is 125 Å². The summed E-state index contributed by atoms with van der Waals surface area (Å²) < 4.78 is 7.47. The number of hydrogen-bond acceptors (Lipinski definition) is 4. The summed E-state index contributed by atoms with van der Waals surface area (Å²) in [4.78, 5) is 6.73. The van der Waals surface area contributed by atoms with Gasteiger partial charge in [-0.25, -0.2) is 4.98 Å². The Morgan fingerprint density at radius 3 is 2.43 bits per heavy atom. The third kappa shape index (κ3) is 3.19. The Balaban J connectivity index is 1.79. The van der Waals surface area contributed by atoms with Crippen LogP contribution in [0.1, 0.15) is 13.8 Å². The zero-order valence-electron chi connectivity index (χ0n) is 12.6. The molecular formula is C16H22N4O. The summed E-state index contributed by atoms with van der Waals surface area (Å²) >= 11 is 0. The molecule has 1 aliphatic rings. The summed E-state index contributed by atoms with van der Waals surface area (Å²) in [5.41, 5.74) is 2.37. The fourth-order valence-corrected chi connectivity index (χ4v) is 2.52. The van der Waals surface area contributed by atoms with Crippen molar-refractivity contribution < 1.29 is 4.74 Å². The monoisotopic (exact) mass is 286 g/mol. The fourth-order valence-electron chi connectivity index (χ4n) is 2.52. The number of rotatable bonds is 4. The van der Waals surface area contributed by atoms with Gasteiger partial charge in [0.05, 0.1) is 13.2 Å². The number of benzene rings is 1. The van der Waals surface area contributed by atoms with E-state index >= 15 is 0 Å². The van der Waals surface area contributed by atoms with Gasteiger partial charge in [-0.05, 0) is 38.1 Å². The third-order valence-corrected chi connectivity index (χ3v) is 3.56. The van der Waals surface area contributed by atoms with Crippen LogP contribution in [0.4, 0.5) is 11.6 Å². The molecule has 0 bridgehead atoms. The maximum atomic E-state index is 5.39. The van der Waals surface area contributed by atoms with Gasteiger partial charge < -0.3 is 15.0 Å². The SMILES string of the molecule is CC(C)Nc1nccn1-c1ccc(N2CCOCC2)cc1. The molecule has 0 unspecified atom stereocenters. The minimum absolute atomic E-state index is 0.360. The van der Waals surface area contributed by atoms with E-state index in [4.69, 9.17) is 4.74 Å². The molecule has 1 aromatic heterocycles. The lowest BCUT2D eigenvalue weighted by molar-refractivity contribution is 0.122. The highest BCUT2D eigenvalue weighted by Crippen LogP contribution is 2.21. The smallest absolute Gasteiger partial charge is 0.207 e. The van der Waals surface area contributed by atoms with Crippen LogP contribution in [0.25, 0.3) is 5.69 Å². The van der Waals surface area contributed by atoms with E-state index in [1.54, 1.807) is 0 Å². The zero-order valence-corrected chi connectivity index (χ0v) is 12.6. The largest absolute Gasteiger partial charge is 0.378 e. The molecule has 0 radical (unpaired) electrons. The van der Waals surface area contributed by atoms with E-state index in [0.29, 0.717) is 6.04 Å². The van der Waals surface area contributed by atoms with Crippen LogP contribution in [-0.4, -0.2) is 41.9 Å². The number of hydrogen-bond donors (Lipinski definition) is 1. The first-order valence-electron chi connectivity index (χ1n) is 7.47. The quantitative estimate of drug-likeness (QED) is 0.938. The number of nitrogens with zero attached hydrogens (tertiary/aromatic N) is 3. The van der Waals surface area contributed by atoms with Crippen LogP contribution < -0.4 is 10.2 Å². The summed E-state index contributed by atoms with van der Waals surface area (Å²) in [6.07, 6.45) is 3.80. The van der Waals surface area contributed by atoms with Crippen molar-refractivity contribution in [3.8, 4) is 5.69 Å². The van der Waals surface area contributed by atoms with Crippen molar-refractivity contribution in [1.82, 2.24) is 9.55 Å². The molecular weight excluding hydrogens is 264 g/mol. The molecule has 112 valence electrons. The molecule has 1 aromatic carbocycles. The molecule has 0 aliphatic carbocycles. The average Bonchev–Trinajstić information content (AvgIpc) is 2.96.